The van der Waals surface area contributed by atoms with E-state index in [1.54, 1.807) is 13.1 Å². The Kier molecular flexibility index (Phi) is 3.80. The van der Waals surface area contributed by atoms with Crippen LogP contribution in [-0.2, 0) is 13.2 Å². The monoisotopic (exact) mass is 374 g/mol. The highest BCUT2D eigenvalue weighted by Crippen LogP contribution is 2.35. The van der Waals surface area contributed by atoms with Gasteiger partial charge in [0.2, 0.25) is 5.82 Å². The molecule has 0 fully saturated rings. The van der Waals surface area contributed by atoms with Gasteiger partial charge in [-0.25, -0.2) is 14.4 Å². The largest absolute Gasteiger partial charge is 0.451 e. The highest BCUT2D eigenvalue weighted by molar-refractivity contribution is 5.93. The van der Waals surface area contributed by atoms with Gasteiger partial charge in [-0.2, -0.15) is 13.2 Å². The van der Waals surface area contributed by atoms with E-state index in [2.05, 4.69) is 9.97 Å². The first-order valence-corrected chi connectivity index (χ1v) is 8.07. The molecule has 2 aromatic heterocycles. The van der Waals surface area contributed by atoms with Crippen LogP contribution in [0.3, 0.4) is 0 Å². The first kappa shape index (κ1) is 17.3. The smallest absolute Gasteiger partial charge is 0.351 e. The van der Waals surface area contributed by atoms with Crippen LogP contribution < -0.4 is 4.90 Å². The number of alkyl halides is 3. The lowest BCUT2D eigenvalue weighted by Gasteiger charge is -2.21. The number of aryl methyl sites for hydroxylation is 1. The normalized spacial score (nSPS) is 12.1. The van der Waals surface area contributed by atoms with Crippen LogP contribution in [0.5, 0.6) is 0 Å². The minimum Gasteiger partial charge on any atom is -0.351 e. The van der Waals surface area contributed by atoms with Gasteiger partial charge in [-0.3, -0.25) is 0 Å². The molecule has 0 radical (unpaired) electrons. The van der Waals surface area contributed by atoms with Gasteiger partial charge >= 0.3 is 6.18 Å². The molecule has 8 heteroatoms. The number of rotatable bonds is 2. The Labute approximate surface area is 151 Å². The second kappa shape index (κ2) is 5.94. The predicted octanol–water partition coefficient (Wildman–Crippen LogP) is 5.05. The van der Waals surface area contributed by atoms with Crippen LogP contribution in [0.4, 0.5) is 29.1 Å². The molecule has 2 heterocycles. The Morgan fingerprint density at radius 2 is 1.78 bits per heavy atom. The van der Waals surface area contributed by atoms with Crippen molar-refractivity contribution in [2.75, 3.05) is 11.9 Å². The number of benzene rings is 2. The van der Waals surface area contributed by atoms with Crippen LogP contribution in [0.2, 0.25) is 0 Å². The zero-order valence-corrected chi connectivity index (χ0v) is 14.4. The molecule has 0 aliphatic rings. The summed E-state index contributed by atoms with van der Waals surface area (Å²) in [5.74, 6) is -1.84. The van der Waals surface area contributed by atoms with Crippen LogP contribution >= 0.6 is 0 Å². The van der Waals surface area contributed by atoms with Gasteiger partial charge < -0.3 is 9.47 Å². The van der Waals surface area contributed by atoms with Gasteiger partial charge in [0, 0.05) is 42.3 Å². The average molecular weight is 374 g/mol. The summed E-state index contributed by atoms with van der Waals surface area (Å²) in [6, 6.07) is 10.8. The summed E-state index contributed by atoms with van der Waals surface area (Å²) < 4.78 is 55.4. The number of nitrogens with zero attached hydrogens (tertiary/aromatic N) is 4. The minimum absolute atomic E-state index is 0.0119. The van der Waals surface area contributed by atoms with Crippen molar-refractivity contribution in [2.24, 2.45) is 7.05 Å². The van der Waals surface area contributed by atoms with Crippen LogP contribution in [0.1, 0.15) is 5.82 Å². The summed E-state index contributed by atoms with van der Waals surface area (Å²) in [5, 5.41) is 1.14. The zero-order chi connectivity index (χ0) is 19.3. The summed E-state index contributed by atoms with van der Waals surface area (Å²) in [4.78, 5) is 8.74. The Bertz CT molecular complexity index is 1160. The van der Waals surface area contributed by atoms with E-state index in [0.29, 0.717) is 5.69 Å². The van der Waals surface area contributed by atoms with Crippen molar-refractivity contribution < 1.29 is 17.6 Å². The van der Waals surface area contributed by atoms with Gasteiger partial charge in [0.25, 0.3) is 0 Å². The maximum Gasteiger partial charge on any atom is 0.451 e. The van der Waals surface area contributed by atoms with Gasteiger partial charge in [0.15, 0.2) is 0 Å². The molecule has 0 bridgehead atoms. The molecular weight excluding hydrogens is 360 g/mol. The van der Waals surface area contributed by atoms with E-state index in [9.17, 15) is 17.6 Å². The number of halogens is 4. The Morgan fingerprint density at radius 3 is 2.52 bits per heavy atom. The molecule has 0 atom stereocenters. The molecule has 0 aliphatic heterocycles. The van der Waals surface area contributed by atoms with Gasteiger partial charge in [-0.1, -0.05) is 0 Å². The maximum absolute atomic E-state index is 13.7. The molecule has 27 heavy (non-hydrogen) atoms. The van der Waals surface area contributed by atoms with Crippen LogP contribution in [0.15, 0.2) is 48.7 Å². The molecular formula is C19H14F4N4. The van der Waals surface area contributed by atoms with E-state index in [0.717, 1.165) is 23.0 Å². The molecule has 0 saturated carbocycles. The van der Waals surface area contributed by atoms with E-state index in [4.69, 9.17) is 0 Å². The van der Waals surface area contributed by atoms with Crippen LogP contribution in [0, 0.1) is 5.82 Å². The highest BCUT2D eigenvalue weighted by atomic mass is 19.4. The number of fused-ring (bicyclic) bond motifs is 2. The fourth-order valence-corrected chi connectivity index (χ4v) is 3.07. The summed E-state index contributed by atoms with van der Waals surface area (Å²) in [6.07, 6.45) is -2.81. The summed E-state index contributed by atoms with van der Waals surface area (Å²) in [5.41, 5.74) is 1.65. The lowest BCUT2D eigenvalue weighted by atomic mass is 10.2. The lowest BCUT2D eigenvalue weighted by molar-refractivity contribution is -0.144. The predicted molar refractivity (Wildman–Crippen MR) is 95.5 cm³/mol. The first-order chi connectivity index (χ1) is 12.7. The van der Waals surface area contributed by atoms with Crippen molar-refractivity contribution in [3.05, 3.63) is 60.3 Å². The molecule has 0 spiro atoms. The SMILES string of the molecule is CN(c1ccc2c(ccn2C)c1)c1nc(C(F)(F)F)nc2ccc(F)cc12. The van der Waals surface area contributed by atoms with Gasteiger partial charge in [-0.05, 0) is 42.5 Å². The van der Waals surface area contributed by atoms with Crippen molar-refractivity contribution in [3.63, 3.8) is 0 Å². The molecule has 0 aliphatic carbocycles. The van der Waals surface area contributed by atoms with E-state index in [-0.39, 0.29) is 16.7 Å². The fraction of sp³-hybridized carbons (Fsp3) is 0.158. The number of hydrogen-bond acceptors (Lipinski definition) is 3. The molecule has 0 N–H and O–H groups in total. The maximum atomic E-state index is 13.7. The van der Waals surface area contributed by atoms with E-state index in [1.807, 2.05) is 36.0 Å². The van der Waals surface area contributed by atoms with Crippen molar-refractivity contribution >= 4 is 33.3 Å². The summed E-state index contributed by atoms with van der Waals surface area (Å²) in [7, 11) is 3.50. The fourth-order valence-electron chi connectivity index (χ4n) is 3.07. The number of hydrogen-bond donors (Lipinski definition) is 0. The third-order valence-electron chi connectivity index (χ3n) is 4.47. The van der Waals surface area contributed by atoms with Crippen molar-refractivity contribution in [2.45, 2.75) is 6.18 Å². The lowest BCUT2D eigenvalue weighted by Crippen LogP contribution is -2.17. The highest BCUT2D eigenvalue weighted by Gasteiger charge is 2.36. The molecule has 2 aromatic carbocycles. The number of aromatic nitrogens is 3. The Hall–Kier alpha value is -3.16. The summed E-state index contributed by atoms with van der Waals surface area (Å²) >= 11 is 0. The van der Waals surface area contributed by atoms with Gasteiger partial charge in [-0.15, -0.1) is 0 Å². The second-order valence-electron chi connectivity index (χ2n) is 6.26. The Morgan fingerprint density at radius 1 is 1.00 bits per heavy atom. The van der Waals surface area contributed by atoms with E-state index in [1.165, 1.54) is 11.0 Å². The molecule has 4 rings (SSSR count). The molecule has 138 valence electrons. The first-order valence-electron chi connectivity index (χ1n) is 8.07. The van der Waals surface area contributed by atoms with E-state index < -0.39 is 17.8 Å². The van der Waals surface area contributed by atoms with Gasteiger partial charge in [0.05, 0.1) is 5.52 Å². The molecule has 0 amide bonds. The third-order valence-corrected chi connectivity index (χ3v) is 4.47. The molecule has 4 nitrogen and oxygen atoms in total. The Balaban J connectivity index is 1.93. The molecule has 0 saturated heterocycles. The number of anilines is 2. The second-order valence-corrected chi connectivity index (χ2v) is 6.26. The van der Waals surface area contributed by atoms with Crippen LogP contribution in [0.25, 0.3) is 21.8 Å². The molecule has 0 unspecified atom stereocenters. The zero-order valence-electron chi connectivity index (χ0n) is 14.4. The van der Waals surface area contributed by atoms with Crippen molar-refractivity contribution in [1.82, 2.24) is 14.5 Å². The standard InChI is InChI=1S/C19H14F4N4/c1-26-8-7-11-9-13(4-6-16(11)26)27(2)17-14-10-12(20)3-5-15(14)24-18(25-17)19(21,22)23/h3-10H,1-2H3. The van der Waals surface area contributed by atoms with Gasteiger partial charge in [0.1, 0.15) is 11.6 Å². The van der Waals surface area contributed by atoms with Crippen LogP contribution in [-0.4, -0.2) is 21.6 Å². The van der Waals surface area contributed by atoms with Crippen molar-refractivity contribution in [3.8, 4) is 0 Å². The van der Waals surface area contributed by atoms with E-state index >= 15 is 0 Å². The topological polar surface area (TPSA) is 34.0 Å². The third kappa shape index (κ3) is 2.97. The quantitative estimate of drug-likeness (QED) is 0.461. The minimum atomic E-state index is -4.71. The van der Waals surface area contributed by atoms with Crippen molar-refractivity contribution in [1.29, 1.82) is 0 Å². The molecule has 4 aromatic rings. The summed E-state index contributed by atoms with van der Waals surface area (Å²) in [6.45, 7) is 0. The average Bonchev–Trinajstić information content (AvgIpc) is 3.00.